The van der Waals surface area contributed by atoms with Crippen LogP contribution < -0.4 is 0 Å². The van der Waals surface area contributed by atoms with Crippen molar-refractivity contribution in [3.63, 3.8) is 0 Å². The molecule has 1 aromatic carbocycles. The molecule has 23 heavy (non-hydrogen) atoms. The Kier molecular flexibility index (Phi) is 6.08. The van der Waals surface area contributed by atoms with Crippen LogP contribution >= 0.6 is 0 Å². The van der Waals surface area contributed by atoms with E-state index in [4.69, 9.17) is 5.26 Å². The van der Waals surface area contributed by atoms with E-state index in [9.17, 15) is 14.3 Å². The van der Waals surface area contributed by atoms with Gasteiger partial charge in [-0.15, -0.1) is 0 Å². The number of nitrogens with zero attached hydrogens (tertiary/aromatic N) is 3. The zero-order valence-corrected chi connectivity index (χ0v) is 13.3. The van der Waals surface area contributed by atoms with Crippen molar-refractivity contribution in [2.24, 2.45) is 0 Å². The quantitative estimate of drug-likeness (QED) is 0.866. The Hall–Kier alpha value is -1.97. The molecule has 0 saturated carbocycles. The molecular weight excluding hydrogens is 297 g/mol. The summed E-state index contributed by atoms with van der Waals surface area (Å²) in [5.41, 5.74) is 0.826. The smallest absolute Gasteiger partial charge is 0.223 e. The van der Waals surface area contributed by atoms with Crippen molar-refractivity contribution in [1.82, 2.24) is 9.80 Å². The monoisotopic (exact) mass is 319 g/mol. The molecule has 5 nitrogen and oxygen atoms in total. The number of aliphatic hydroxyl groups excluding tert-OH is 1. The molecule has 6 heteroatoms. The van der Waals surface area contributed by atoms with Crippen molar-refractivity contribution in [1.29, 1.82) is 5.26 Å². The van der Waals surface area contributed by atoms with Crippen LogP contribution in [0.3, 0.4) is 0 Å². The molecular formula is C17H22FN3O2. The highest BCUT2D eigenvalue weighted by Crippen LogP contribution is 2.32. The molecule has 1 heterocycles. The molecule has 1 aliphatic rings. The van der Waals surface area contributed by atoms with Crippen LogP contribution in [-0.2, 0) is 4.79 Å². The molecule has 0 spiro atoms. The Morgan fingerprint density at radius 3 is 3.04 bits per heavy atom. The van der Waals surface area contributed by atoms with Gasteiger partial charge in [0.25, 0.3) is 0 Å². The van der Waals surface area contributed by atoms with Crippen molar-refractivity contribution in [3.8, 4) is 6.07 Å². The second-order valence-electron chi connectivity index (χ2n) is 5.93. The Labute approximate surface area is 135 Å². The fourth-order valence-corrected chi connectivity index (χ4v) is 2.96. The Morgan fingerprint density at radius 1 is 1.57 bits per heavy atom. The molecule has 1 N–H and O–H groups in total. The molecule has 1 amide bonds. The van der Waals surface area contributed by atoms with Crippen LogP contribution in [0.2, 0.25) is 0 Å². The Bertz CT molecular complexity index is 587. The summed E-state index contributed by atoms with van der Waals surface area (Å²) in [4.78, 5) is 15.6. The second kappa shape index (κ2) is 8.04. The molecule has 1 fully saturated rings. The third-order valence-electron chi connectivity index (χ3n) is 4.21. The Balaban J connectivity index is 1.95. The summed E-state index contributed by atoms with van der Waals surface area (Å²) in [6, 6.07) is 8.33. The molecule has 1 aliphatic heterocycles. The van der Waals surface area contributed by atoms with E-state index < -0.39 is 6.10 Å². The van der Waals surface area contributed by atoms with E-state index in [-0.39, 0.29) is 17.8 Å². The highest BCUT2D eigenvalue weighted by Gasteiger charge is 2.32. The zero-order valence-electron chi connectivity index (χ0n) is 13.3. The van der Waals surface area contributed by atoms with Gasteiger partial charge in [-0.3, -0.25) is 9.69 Å². The lowest BCUT2D eigenvalue weighted by Gasteiger charge is -2.25. The van der Waals surface area contributed by atoms with Gasteiger partial charge in [0.05, 0.1) is 18.6 Å². The SMILES string of the molecule is CN(CCC#N)C(=O)CCN1C[C@H](O)C[C@@H]1c1cccc(F)c1. The van der Waals surface area contributed by atoms with Crippen LogP contribution in [-0.4, -0.2) is 53.6 Å². The summed E-state index contributed by atoms with van der Waals surface area (Å²) in [6.45, 7) is 1.41. The van der Waals surface area contributed by atoms with Gasteiger partial charge >= 0.3 is 0 Å². The number of nitriles is 1. The number of benzene rings is 1. The first-order valence-electron chi connectivity index (χ1n) is 7.79. The minimum Gasteiger partial charge on any atom is -0.392 e. The van der Waals surface area contributed by atoms with Crippen LogP contribution in [0, 0.1) is 17.1 Å². The van der Waals surface area contributed by atoms with Crippen LogP contribution in [0.15, 0.2) is 24.3 Å². The van der Waals surface area contributed by atoms with Gasteiger partial charge in [-0.25, -0.2) is 4.39 Å². The van der Waals surface area contributed by atoms with Crippen LogP contribution in [0.25, 0.3) is 0 Å². The maximum atomic E-state index is 13.4. The minimum atomic E-state index is -0.463. The number of β-amino-alcohol motifs (C(OH)–C–C–N with tert-alkyl or cyclic N) is 1. The maximum absolute atomic E-state index is 13.4. The molecule has 0 aromatic heterocycles. The van der Waals surface area contributed by atoms with Crippen LogP contribution in [0.1, 0.15) is 30.9 Å². The lowest BCUT2D eigenvalue weighted by molar-refractivity contribution is -0.130. The standard InChI is InChI=1S/C17H22FN3O2/c1-20(8-3-7-19)17(23)6-9-21-12-15(22)11-16(21)13-4-2-5-14(18)10-13/h2,4-5,10,15-16,22H,3,6,8-9,11-12H2,1H3/t15-,16-/m1/s1. The number of aliphatic hydroxyl groups is 1. The summed E-state index contributed by atoms with van der Waals surface area (Å²) < 4.78 is 13.4. The summed E-state index contributed by atoms with van der Waals surface area (Å²) in [5, 5.41) is 18.5. The first-order chi connectivity index (χ1) is 11.0. The third kappa shape index (κ3) is 4.75. The topological polar surface area (TPSA) is 67.6 Å². The lowest BCUT2D eigenvalue weighted by Crippen LogP contribution is -2.33. The summed E-state index contributed by atoms with van der Waals surface area (Å²) in [5.74, 6) is -0.323. The molecule has 0 bridgehead atoms. The highest BCUT2D eigenvalue weighted by molar-refractivity contribution is 5.76. The van der Waals surface area contributed by atoms with Gasteiger partial charge in [0.2, 0.25) is 5.91 Å². The predicted octanol–water partition coefficient (Wildman–Crippen LogP) is 1.70. The molecule has 2 rings (SSSR count). The van der Waals surface area contributed by atoms with Crippen LogP contribution in [0.5, 0.6) is 0 Å². The average Bonchev–Trinajstić information content (AvgIpc) is 2.91. The van der Waals surface area contributed by atoms with Crippen molar-refractivity contribution >= 4 is 5.91 Å². The summed E-state index contributed by atoms with van der Waals surface area (Å²) in [7, 11) is 1.68. The van der Waals surface area contributed by atoms with Crippen molar-refractivity contribution < 1.29 is 14.3 Å². The number of likely N-dealkylation sites (tertiary alicyclic amines) is 1. The van der Waals surface area contributed by atoms with Gasteiger partial charge in [-0.1, -0.05) is 12.1 Å². The second-order valence-corrected chi connectivity index (χ2v) is 5.93. The predicted molar refractivity (Wildman–Crippen MR) is 83.8 cm³/mol. The minimum absolute atomic E-state index is 0.0281. The number of halogens is 1. The molecule has 2 atom stereocenters. The van der Waals surface area contributed by atoms with Gasteiger partial charge in [0, 0.05) is 39.1 Å². The number of rotatable bonds is 6. The molecule has 0 unspecified atom stereocenters. The number of carbonyl (C=O) groups is 1. The molecule has 1 saturated heterocycles. The van der Waals surface area contributed by atoms with Gasteiger partial charge in [-0.2, -0.15) is 5.26 Å². The fourth-order valence-electron chi connectivity index (χ4n) is 2.96. The van der Waals surface area contributed by atoms with Gasteiger partial charge < -0.3 is 10.0 Å². The average molecular weight is 319 g/mol. The zero-order chi connectivity index (χ0) is 16.8. The van der Waals surface area contributed by atoms with Gasteiger partial charge in [0.1, 0.15) is 5.82 Å². The molecule has 1 aromatic rings. The lowest BCUT2D eigenvalue weighted by atomic mass is 10.0. The summed E-state index contributed by atoms with van der Waals surface area (Å²) in [6.07, 6.45) is 0.716. The maximum Gasteiger partial charge on any atom is 0.223 e. The summed E-state index contributed by atoms with van der Waals surface area (Å²) >= 11 is 0. The number of amides is 1. The van der Waals surface area contributed by atoms with Gasteiger partial charge in [0.15, 0.2) is 0 Å². The van der Waals surface area contributed by atoms with E-state index in [2.05, 4.69) is 0 Å². The largest absolute Gasteiger partial charge is 0.392 e. The molecule has 124 valence electrons. The number of hydrogen-bond donors (Lipinski definition) is 1. The van der Waals surface area contributed by atoms with E-state index in [1.54, 1.807) is 18.0 Å². The fraction of sp³-hybridized carbons (Fsp3) is 0.529. The van der Waals surface area contributed by atoms with Gasteiger partial charge in [-0.05, 0) is 24.1 Å². The number of hydrogen-bond acceptors (Lipinski definition) is 4. The third-order valence-corrected chi connectivity index (χ3v) is 4.21. The van der Waals surface area contributed by atoms with Crippen molar-refractivity contribution in [2.45, 2.75) is 31.4 Å². The van der Waals surface area contributed by atoms with Crippen LogP contribution in [0.4, 0.5) is 4.39 Å². The van der Waals surface area contributed by atoms with Crippen molar-refractivity contribution in [2.75, 3.05) is 26.7 Å². The van der Waals surface area contributed by atoms with E-state index in [0.717, 1.165) is 5.56 Å². The first kappa shape index (κ1) is 17.4. The Morgan fingerprint density at radius 2 is 2.35 bits per heavy atom. The van der Waals surface area contributed by atoms with E-state index >= 15 is 0 Å². The first-order valence-corrected chi connectivity index (χ1v) is 7.79. The molecule has 0 aliphatic carbocycles. The normalized spacial score (nSPS) is 21.1. The van der Waals surface area contributed by atoms with Crippen molar-refractivity contribution in [3.05, 3.63) is 35.6 Å². The number of carbonyl (C=O) groups excluding carboxylic acids is 1. The molecule has 0 radical (unpaired) electrons. The van der Waals surface area contributed by atoms with E-state index in [1.165, 1.54) is 12.1 Å². The van der Waals surface area contributed by atoms with E-state index in [0.29, 0.717) is 38.9 Å². The van der Waals surface area contributed by atoms with E-state index in [1.807, 2.05) is 17.0 Å². The highest BCUT2D eigenvalue weighted by atomic mass is 19.1.